The lowest BCUT2D eigenvalue weighted by molar-refractivity contribution is 0.631. The maximum Gasteiger partial charge on any atom is 0.134 e. The van der Waals surface area contributed by atoms with Crippen LogP contribution in [0.2, 0.25) is 5.02 Å². The Balaban J connectivity index is 1.83. The average molecular weight is 362 g/mol. The van der Waals surface area contributed by atoms with Crippen LogP contribution >= 0.6 is 11.6 Å². The van der Waals surface area contributed by atoms with Crippen LogP contribution in [-0.2, 0) is 0 Å². The fourth-order valence-electron chi connectivity index (χ4n) is 3.07. The third kappa shape index (κ3) is 2.73. The Morgan fingerprint density at radius 3 is 2.69 bits per heavy atom. The van der Waals surface area contributed by atoms with Crippen LogP contribution in [0.5, 0.6) is 0 Å². The second-order valence-corrected chi connectivity index (χ2v) is 6.46. The van der Waals surface area contributed by atoms with Crippen molar-refractivity contribution in [3.63, 3.8) is 0 Å². The van der Waals surface area contributed by atoms with Crippen LogP contribution in [0.3, 0.4) is 0 Å². The summed E-state index contributed by atoms with van der Waals surface area (Å²) in [7, 11) is 0. The number of benzene rings is 2. The quantitative estimate of drug-likeness (QED) is 0.485. The molecule has 4 aromatic rings. The Kier molecular flexibility index (Phi) is 3.95. The van der Waals surface area contributed by atoms with Gasteiger partial charge >= 0.3 is 0 Å². The summed E-state index contributed by atoms with van der Waals surface area (Å²) in [4.78, 5) is 7.86. The number of fused-ring (bicyclic) bond motifs is 1. The molecule has 0 bridgehead atoms. The normalized spacial score (nSPS) is 10.8. The van der Waals surface area contributed by atoms with E-state index in [4.69, 9.17) is 16.9 Å². The molecule has 2 aromatic carbocycles. The number of hydrogen-bond acceptors (Lipinski definition) is 2. The standard InChI is InChI=1S/C21H13ClFN3/c1-12-9-13(11-24)5-6-14(12)17-7-8-18-19(25-17)10-20(26-18)21-15(22)3-2-4-16(21)23/h2-10,26H,1H3. The summed E-state index contributed by atoms with van der Waals surface area (Å²) >= 11 is 6.16. The Morgan fingerprint density at radius 2 is 1.96 bits per heavy atom. The van der Waals surface area contributed by atoms with Crippen LogP contribution in [0.4, 0.5) is 4.39 Å². The highest BCUT2D eigenvalue weighted by Crippen LogP contribution is 2.32. The Bertz CT molecular complexity index is 1170. The van der Waals surface area contributed by atoms with E-state index in [2.05, 4.69) is 16.0 Å². The van der Waals surface area contributed by atoms with Crippen LogP contribution in [0, 0.1) is 24.1 Å². The SMILES string of the molecule is Cc1cc(C#N)ccc1-c1ccc2[nH]c(-c3c(F)cccc3Cl)cc2n1. The number of aromatic amines is 1. The monoisotopic (exact) mass is 361 g/mol. The molecule has 5 heteroatoms. The van der Waals surface area contributed by atoms with E-state index in [1.54, 1.807) is 24.3 Å². The Hall–Kier alpha value is -3.16. The minimum atomic E-state index is -0.382. The molecule has 0 aliphatic rings. The molecule has 0 fully saturated rings. The zero-order valence-electron chi connectivity index (χ0n) is 13.8. The first-order valence-corrected chi connectivity index (χ1v) is 8.40. The molecule has 0 spiro atoms. The van der Waals surface area contributed by atoms with Gasteiger partial charge in [-0.05, 0) is 55.0 Å². The molecule has 26 heavy (non-hydrogen) atoms. The largest absolute Gasteiger partial charge is 0.353 e. The van der Waals surface area contributed by atoms with E-state index in [1.165, 1.54) is 6.07 Å². The first kappa shape index (κ1) is 16.3. The Morgan fingerprint density at radius 1 is 1.12 bits per heavy atom. The lowest BCUT2D eigenvalue weighted by Crippen LogP contribution is -1.88. The summed E-state index contributed by atoms with van der Waals surface area (Å²) in [5, 5.41) is 9.36. The number of pyridine rings is 1. The van der Waals surface area contributed by atoms with Crippen LogP contribution in [-0.4, -0.2) is 9.97 Å². The van der Waals surface area contributed by atoms with Crippen molar-refractivity contribution in [2.45, 2.75) is 6.92 Å². The third-order valence-electron chi connectivity index (χ3n) is 4.34. The summed E-state index contributed by atoms with van der Waals surface area (Å²) in [5.74, 6) is -0.382. The minimum absolute atomic E-state index is 0.336. The van der Waals surface area contributed by atoms with Gasteiger partial charge < -0.3 is 4.98 Å². The van der Waals surface area contributed by atoms with Crippen molar-refractivity contribution in [3.05, 3.63) is 76.6 Å². The van der Waals surface area contributed by atoms with Crippen molar-refractivity contribution < 1.29 is 4.39 Å². The molecule has 1 N–H and O–H groups in total. The number of aryl methyl sites for hydroxylation is 1. The predicted octanol–water partition coefficient (Wildman–Crippen LogP) is 5.87. The van der Waals surface area contributed by atoms with Crippen LogP contribution < -0.4 is 0 Å². The molecule has 2 aromatic heterocycles. The molecule has 0 unspecified atom stereocenters. The number of nitrogens with one attached hydrogen (secondary N) is 1. The first-order valence-electron chi connectivity index (χ1n) is 8.02. The zero-order valence-corrected chi connectivity index (χ0v) is 14.6. The fourth-order valence-corrected chi connectivity index (χ4v) is 3.33. The fraction of sp³-hybridized carbons (Fsp3) is 0.0476. The van der Waals surface area contributed by atoms with Gasteiger partial charge in [-0.2, -0.15) is 5.26 Å². The number of nitriles is 1. The van der Waals surface area contributed by atoms with E-state index >= 15 is 0 Å². The summed E-state index contributed by atoms with van der Waals surface area (Å²) in [6, 6.07) is 17.9. The van der Waals surface area contributed by atoms with Gasteiger partial charge in [0.05, 0.1) is 44.6 Å². The zero-order chi connectivity index (χ0) is 18.3. The maximum atomic E-state index is 14.2. The summed E-state index contributed by atoms with van der Waals surface area (Å²) < 4.78 is 14.2. The van der Waals surface area contributed by atoms with Crippen molar-refractivity contribution >= 4 is 22.6 Å². The van der Waals surface area contributed by atoms with Crippen LogP contribution in [0.1, 0.15) is 11.1 Å². The molecule has 2 heterocycles. The number of hydrogen-bond donors (Lipinski definition) is 1. The van der Waals surface area contributed by atoms with Crippen molar-refractivity contribution in [1.29, 1.82) is 5.26 Å². The molecule has 3 nitrogen and oxygen atoms in total. The molecular weight excluding hydrogens is 349 g/mol. The van der Waals surface area contributed by atoms with Crippen LogP contribution in [0.15, 0.2) is 54.6 Å². The van der Waals surface area contributed by atoms with Crippen molar-refractivity contribution in [3.8, 4) is 28.6 Å². The van der Waals surface area contributed by atoms with Gasteiger partial charge in [-0.3, -0.25) is 0 Å². The number of halogens is 2. The third-order valence-corrected chi connectivity index (χ3v) is 4.65. The summed E-state index contributed by atoms with van der Waals surface area (Å²) in [6.45, 7) is 1.95. The predicted molar refractivity (Wildman–Crippen MR) is 101 cm³/mol. The van der Waals surface area contributed by atoms with Gasteiger partial charge in [-0.25, -0.2) is 9.37 Å². The van der Waals surface area contributed by atoms with E-state index in [1.807, 2.05) is 31.2 Å². The van der Waals surface area contributed by atoms with Gasteiger partial charge in [-0.15, -0.1) is 0 Å². The lowest BCUT2D eigenvalue weighted by atomic mass is 10.0. The van der Waals surface area contributed by atoms with Gasteiger partial charge in [0.1, 0.15) is 5.82 Å². The number of nitrogens with zero attached hydrogens (tertiary/aromatic N) is 2. The second kappa shape index (κ2) is 6.29. The van der Waals surface area contributed by atoms with Gasteiger partial charge in [0.15, 0.2) is 0 Å². The molecule has 0 saturated carbocycles. The number of rotatable bonds is 2. The smallest absolute Gasteiger partial charge is 0.134 e. The van der Waals surface area contributed by atoms with Crippen LogP contribution in [0.25, 0.3) is 33.5 Å². The van der Waals surface area contributed by atoms with E-state index < -0.39 is 0 Å². The van der Waals surface area contributed by atoms with Crippen molar-refractivity contribution in [2.24, 2.45) is 0 Å². The molecular formula is C21H13ClFN3. The average Bonchev–Trinajstić information content (AvgIpc) is 3.04. The molecule has 0 saturated heterocycles. The lowest BCUT2D eigenvalue weighted by Gasteiger charge is -2.05. The molecule has 0 aliphatic carbocycles. The summed E-state index contributed by atoms with van der Waals surface area (Å²) in [6.07, 6.45) is 0. The number of H-pyrrole nitrogens is 1. The molecule has 0 radical (unpaired) electrons. The van der Waals surface area contributed by atoms with Gasteiger partial charge in [0, 0.05) is 5.56 Å². The molecule has 126 valence electrons. The summed E-state index contributed by atoms with van der Waals surface area (Å²) in [5.41, 5.74) is 5.79. The Labute approximate surface area is 154 Å². The van der Waals surface area contributed by atoms with E-state index in [0.29, 0.717) is 21.8 Å². The highest BCUT2D eigenvalue weighted by Gasteiger charge is 2.13. The second-order valence-electron chi connectivity index (χ2n) is 6.05. The van der Waals surface area contributed by atoms with E-state index in [-0.39, 0.29) is 5.82 Å². The highest BCUT2D eigenvalue weighted by molar-refractivity contribution is 6.33. The molecule has 0 amide bonds. The van der Waals surface area contributed by atoms with Crippen molar-refractivity contribution in [1.82, 2.24) is 9.97 Å². The van der Waals surface area contributed by atoms with Gasteiger partial charge in [-0.1, -0.05) is 23.7 Å². The highest BCUT2D eigenvalue weighted by atomic mass is 35.5. The minimum Gasteiger partial charge on any atom is -0.353 e. The maximum absolute atomic E-state index is 14.2. The van der Waals surface area contributed by atoms with Crippen molar-refractivity contribution in [2.75, 3.05) is 0 Å². The van der Waals surface area contributed by atoms with E-state index in [9.17, 15) is 4.39 Å². The molecule has 0 aliphatic heterocycles. The van der Waals surface area contributed by atoms with Gasteiger partial charge in [0.2, 0.25) is 0 Å². The number of aromatic nitrogens is 2. The molecule has 4 rings (SSSR count). The topological polar surface area (TPSA) is 52.5 Å². The van der Waals surface area contributed by atoms with Gasteiger partial charge in [0.25, 0.3) is 0 Å². The first-order chi connectivity index (χ1) is 12.6. The van der Waals surface area contributed by atoms with E-state index in [0.717, 1.165) is 27.9 Å². The molecule has 0 atom stereocenters.